The molecule has 0 radical (unpaired) electrons. The van der Waals surface area contributed by atoms with Crippen LogP contribution in [0.1, 0.15) is 104 Å². The van der Waals surface area contributed by atoms with Crippen LogP contribution in [-0.4, -0.2) is 11.9 Å². The van der Waals surface area contributed by atoms with E-state index in [0.717, 1.165) is 68.1 Å². The first-order valence-corrected chi connectivity index (χ1v) is 18.6. The lowest BCUT2D eigenvalue weighted by molar-refractivity contribution is -0.220. The third-order valence-corrected chi connectivity index (χ3v) is 15.2. The molecule has 0 aromatic heterocycles. The number of allylic oxidation sites excluding steroid dienone is 2. The van der Waals surface area contributed by atoms with Crippen LogP contribution in [0.25, 0.3) is 0 Å². The monoisotopic (exact) mass is 648 g/mol. The molecule has 5 aliphatic carbocycles. The normalized spacial score (nSPS) is 39.2. The summed E-state index contributed by atoms with van der Waals surface area (Å²) in [6.45, 7) is 19.5. The summed E-state index contributed by atoms with van der Waals surface area (Å²) < 4.78 is 12.3. The SMILES string of the molecule is C=C(C)[C@@H]1CC[C@]2(C(=O)OCc3ccccc3)CC[C@]3(C)[C@H](CC[C@@H]4[C@@]5(C)C(C(=O)OCc6ccccc6)=CC(C)(C)C5CC[C@]43C)[C@@H]12. The van der Waals surface area contributed by atoms with Crippen molar-refractivity contribution >= 4 is 11.9 Å². The zero-order valence-corrected chi connectivity index (χ0v) is 30.1. The summed E-state index contributed by atoms with van der Waals surface area (Å²) in [6, 6.07) is 20.1. The predicted octanol–water partition coefficient (Wildman–Crippen LogP) is 10.3. The number of rotatable bonds is 7. The smallest absolute Gasteiger partial charge is 0.334 e. The zero-order chi connectivity index (χ0) is 34.1. The van der Waals surface area contributed by atoms with Crippen LogP contribution in [0.2, 0.25) is 0 Å². The van der Waals surface area contributed by atoms with Crippen molar-refractivity contribution in [3.8, 4) is 0 Å². The lowest BCUT2D eigenvalue weighted by atomic mass is 9.34. The van der Waals surface area contributed by atoms with Gasteiger partial charge in [0.2, 0.25) is 0 Å². The molecule has 4 fully saturated rings. The number of carbonyl (C=O) groups excluding carboxylic acids is 2. The largest absolute Gasteiger partial charge is 0.460 e. The van der Waals surface area contributed by atoms with Gasteiger partial charge in [-0.1, -0.05) is 114 Å². The molecule has 4 heteroatoms. The highest BCUT2D eigenvalue weighted by Gasteiger charge is 2.73. The molecule has 0 heterocycles. The second kappa shape index (κ2) is 11.7. The highest BCUT2D eigenvalue weighted by molar-refractivity contribution is 5.91. The van der Waals surface area contributed by atoms with Crippen LogP contribution >= 0.6 is 0 Å². The first-order chi connectivity index (χ1) is 22.8. The fourth-order valence-corrected chi connectivity index (χ4v) is 12.8. The van der Waals surface area contributed by atoms with Crippen LogP contribution in [0.3, 0.4) is 0 Å². The van der Waals surface area contributed by atoms with Crippen molar-refractivity contribution < 1.29 is 19.1 Å². The number of hydrogen-bond acceptors (Lipinski definition) is 4. The molecule has 4 nitrogen and oxygen atoms in total. The van der Waals surface area contributed by atoms with Gasteiger partial charge >= 0.3 is 11.9 Å². The summed E-state index contributed by atoms with van der Waals surface area (Å²) in [7, 11) is 0. The number of benzene rings is 2. The number of hydrogen-bond donors (Lipinski definition) is 0. The Morgan fingerprint density at radius 2 is 1.35 bits per heavy atom. The van der Waals surface area contributed by atoms with Gasteiger partial charge in [0.1, 0.15) is 13.2 Å². The molecule has 0 spiro atoms. The predicted molar refractivity (Wildman–Crippen MR) is 190 cm³/mol. The van der Waals surface area contributed by atoms with Crippen LogP contribution < -0.4 is 0 Å². The Kier molecular flexibility index (Phi) is 8.16. The van der Waals surface area contributed by atoms with Crippen molar-refractivity contribution in [2.24, 2.45) is 56.7 Å². The second-order valence-corrected chi connectivity index (χ2v) is 17.6. The Labute approximate surface area is 288 Å². The number of carbonyl (C=O) groups is 2. The van der Waals surface area contributed by atoms with E-state index in [1.54, 1.807) is 0 Å². The fourth-order valence-electron chi connectivity index (χ4n) is 12.8. The molecular weight excluding hydrogens is 592 g/mol. The average molecular weight is 649 g/mol. The van der Waals surface area contributed by atoms with Crippen LogP contribution in [0, 0.1) is 56.7 Å². The molecule has 0 aliphatic heterocycles. The van der Waals surface area contributed by atoms with Crippen molar-refractivity contribution in [2.45, 2.75) is 106 Å². The standard InChI is InChI=1S/C44H56O4/c1-29(2)32-20-23-44(39(46)48-28-31-16-12-9-13-17-31)25-24-41(5)33(37(32)44)18-19-36-42(41,6)22-21-35-40(3,4)26-34(43(35,36)7)38(45)47-27-30-14-10-8-11-15-30/h8-17,26,32-33,35-37H,1,18-25,27-28H2,2-7H3/t32-,33+,35?,36-,37+,41+,42+,43-,44-/m0/s1. The Bertz CT molecular complexity index is 1610. The van der Waals surface area contributed by atoms with Gasteiger partial charge in [0.05, 0.1) is 5.41 Å². The summed E-state index contributed by atoms with van der Waals surface area (Å²) in [4.78, 5) is 28.4. The van der Waals surface area contributed by atoms with E-state index in [9.17, 15) is 9.59 Å². The first kappa shape index (κ1) is 33.4. The second-order valence-electron chi connectivity index (χ2n) is 17.6. The van der Waals surface area contributed by atoms with Gasteiger partial charge in [-0.05, 0) is 115 Å². The Morgan fingerprint density at radius 3 is 1.98 bits per heavy atom. The minimum Gasteiger partial charge on any atom is -0.460 e. The minimum atomic E-state index is -0.450. The van der Waals surface area contributed by atoms with E-state index in [1.807, 2.05) is 60.7 Å². The molecule has 5 aliphatic rings. The lowest BCUT2D eigenvalue weighted by Gasteiger charge is -2.70. The Balaban J connectivity index is 1.20. The van der Waals surface area contributed by atoms with Crippen LogP contribution in [0.5, 0.6) is 0 Å². The van der Waals surface area contributed by atoms with Gasteiger partial charge in [0.15, 0.2) is 0 Å². The van der Waals surface area contributed by atoms with Crippen molar-refractivity contribution in [1.29, 1.82) is 0 Å². The molecule has 48 heavy (non-hydrogen) atoms. The van der Waals surface area contributed by atoms with E-state index >= 15 is 0 Å². The molecule has 9 atom stereocenters. The van der Waals surface area contributed by atoms with Crippen molar-refractivity contribution in [3.63, 3.8) is 0 Å². The van der Waals surface area contributed by atoms with Gasteiger partial charge in [-0.25, -0.2) is 4.79 Å². The Hall–Kier alpha value is -3.14. The molecule has 256 valence electrons. The van der Waals surface area contributed by atoms with E-state index in [2.05, 4.69) is 54.2 Å². The van der Waals surface area contributed by atoms with E-state index < -0.39 is 5.41 Å². The van der Waals surface area contributed by atoms with E-state index in [1.165, 1.54) is 5.57 Å². The topological polar surface area (TPSA) is 52.6 Å². The summed E-state index contributed by atoms with van der Waals surface area (Å²) in [6.07, 6.45) is 10.5. The molecule has 0 saturated heterocycles. The van der Waals surface area contributed by atoms with Gasteiger partial charge in [-0.15, -0.1) is 0 Å². The highest BCUT2D eigenvalue weighted by Crippen LogP contribution is 2.78. The summed E-state index contributed by atoms with van der Waals surface area (Å²) in [5.41, 5.74) is 3.47. The van der Waals surface area contributed by atoms with E-state index in [4.69, 9.17) is 9.47 Å². The van der Waals surface area contributed by atoms with Crippen LogP contribution in [0.4, 0.5) is 0 Å². The van der Waals surface area contributed by atoms with Crippen LogP contribution in [-0.2, 0) is 32.3 Å². The van der Waals surface area contributed by atoms with Gasteiger partial charge in [-0.2, -0.15) is 0 Å². The number of ether oxygens (including phenoxy) is 2. The van der Waals surface area contributed by atoms with Crippen molar-refractivity contribution in [3.05, 3.63) is 95.6 Å². The maximum Gasteiger partial charge on any atom is 0.334 e. The van der Waals surface area contributed by atoms with Gasteiger partial charge < -0.3 is 9.47 Å². The molecular formula is C44H56O4. The molecule has 2 aromatic rings. The highest BCUT2D eigenvalue weighted by atomic mass is 16.5. The first-order valence-electron chi connectivity index (χ1n) is 18.6. The molecule has 7 rings (SSSR count). The van der Waals surface area contributed by atoms with E-state index in [0.29, 0.717) is 36.9 Å². The van der Waals surface area contributed by atoms with Crippen molar-refractivity contribution in [2.75, 3.05) is 0 Å². The number of esters is 2. The number of fused-ring (bicyclic) bond motifs is 7. The van der Waals surface area contributed by atoms with Crippen LogP contribution in [0.15, 0.2) is 84.5 Å². The quantitative estimate of drug-likeness (QED) is 0.221. The average Bonchev–Trinajstić information content (AvgIpc) is 3.57. The maximum atomic E-state index is 14.3. The van der Waals surface area contributed by atoms with Crippen molar-refractivity contribution in [1.82, 2.24) is 0 Å². The van der Waals surface area contributed by atoms with Gasteiger partial charge in [0.25, 0.3) is 0 Å². The fraction of sp³-hybridized carbons (Fsp3) is 0.591. The van der Waals surface area contributed by atoms with E-state index in [-0.39, 0.29) is 39.5 Å². The molecule has 0 bridgehead atoms. The third-order valence-electron chi connectivity index (χ3n) is 15.2. The molecule has 4 saturated carbocycles. The summed E-state index contributed by atoms with van der Waals surface area (Å²) in [5, 5.41) is 0. The van der Waals surface area contributed by atoms with Gasteiger partial charge in [-0.3, -0.25) is 4.79 Å². The molecule has 1 unspecified atom stereocenters. The van der Waals surface area contributed by atoms with Gasteiger partial charge in [0, 0.05) is 11.0 Å². The zero-order valence-electron chi connectivity index (χ0n) is 30.1. The molecule has 2 aromatic carbocycles. The maximum absolute atomic E-state index is 14.3. The summed E-state index contributed by atoms with van der Waals surface area (Å²) in [5.74, 6) is 1.61. The third kappa shape index (κ3) is 4.82. The summed E-state index contributed by atoms with van der Waals surface area (Å²) >= 11 is 0. The molecule has 0 amide bonds. The lowest BCUT2D eigenvalue weighted by Crippen LogP contribution is -2.65. The molecule has 0 N–H and O–H groups in total. The minimum absolute atomic E-state index is 0.00835. The Morgan fingerprint density at radius 1 is 0.729 bits per heavy atom.